The van der Waals surface area contributed by atoms with Crippen molar-refractivity contribution in [2.24, 2.45) is 0 Å². The van der Waals surface area contributed by atoms with E-state index in [1.54, 1.807) is 6.07 Å². The summed E-state index contributed by atoms with van der Waals surface area (Å²) in [6.45, 7) is 0. The number of methoxy groups -OCH3 is 1. The highest BCUT2D eigenvalue weighted by atomic mass is 35.5. The first-order valence-electron chi connectivity index (χ1n) is 7.33. The van der Waals surface area contributed by atoms with E-state index in [-0.39, 0.29) is 22.2 Å². The summed E-state index contributed by atoms with van der Waals surface area (Å²) < 4.78 is 5.14. The average Bonchev–Trinajstić information content (AvgIpc) is 2.60. The van der Waals surface area contributed by atoms with E-state index in [1.165, 1.54) is 44.5 Å². The number of nitrogens with one attached hydrogen (secondary N) is 3. The van der Waals surface area contributed by atoms with Gasteiger partial charge in [-0.25, -0.2) is 4.79 Å². The van der Waals surface area contributed by atoms with Crippen LogP contribution in [-0.2, 0) is 0 Å². The third kappa shape index (κ3) is 4.65. The van der Waals surface area contributed by atoms with Crippen molar-refractivity contribution in [3.05, 3.63) is 57.6 Å². The molecule has 0 fully saturated rings. The molecule has 2 aromatic rings. The zero-order valence-electron chi connectivity index (χ0n) is 13.9. The number of anilines is 1. The number of imide groups is 1. The summed E-state index contributed by atoms with van der Waals surface area (Å²) in [4.78, 5) is 36.0. The summed E-state index contributed by atoms with van der Waals surface area (Å²) in [6, 6.07) is 7.96. The molecule has 7 nitrogen and oxygen atoms in total. The van der Waals surface area contributed by atoms with Gasteiger partial charge in [0.2, 0.25) is 0 Å². The highest BCUT2D eigenvalue weighted by Gasteiger charge is 2.16. The number of rotatable bonds is 4. The van der Waals surface area contributed by atoms with Crippen LogP contribution in [0.2, 0.25) is 10.0 Å². The Kier molecular flexibility index (Phi) is 6.43. The number of carbonyl (C=O) groups is 3. The van der Waals surface area contributed by atoms with Crippen molar-refractivity contribution in [1.82, 2.24) is 10.6 Å². The number of amides is 4. The van der Waals surface area contributed by atoms with Gasteiger partial charge in [-0.1, -0.05) is 23.2 Å². The summed E-state index contributed by atoms with van der Waals surface area (Å²) in [5, 5.41) is 7.57. The molecule has 0 unspecified atom stereocenters. The number of halogens is 2. The number of hydrogen-bond donors (Lipinski definition) is 3. The van der Waals surface area contributed by atoms with Gasteiger partial charge in [-0.3, -0.25) is 14.9 Å². The van der Waals surface area contributed by atoms with E-state index in [0.717, 1.165) is 0 Å². The first-order chi connectivity index (χ1) is 12.3. The fraction of sp³-hybridized carbons (Fsp3) is 0.118. The molecular formula is C17H15Cl2N3O4. The molecule has 136 valence electrons. The molecular weight excluding hydrogens is 381 g/mol. The summed E-state index contributed by atoms with van der Waals surface area (Å²) >= 11 is 11.7. The third-order valence-corrected chi connectivity index (χ3v) is 3.89. The topological polar surface area (TPSA) is 96.5 Å². The Bertz CT molecular complexity index is 871. The first kappa shape index (κ1) is 19.6. The summed E-state index contributed by atoms with van der Waals surface area (Å²) in [5.41, 5.74) is 0.633. The van der Waals surface area contributed by atoms with Crippen molar-refractivity contribution in [2.45, 2.75) is 0 Å². The second-order valence-corrected chi connectivity index (χ2v) is 5.87. The molecule has 0 aliphatic carbocycles. The minimum atomic E-state index is -0.812. The van der Waals surface area contributed by atoms with Crippen LogP contribution in [0.3, 0.4) is 0 Å². The first-order valence-corrected chi connectivity index (χ1v) is 8.08. The fourth-order valence-corrected chi connectivity index (χ4v) is 2.58. The lowest BCUT2D eigenvalue weighted by Gasteiger charge is -2.12. The predicted octanol–water partition coefficient (Wildman–Crippen LogP) is 3.32. The molecule has 0 aliphatic heterocycles. The van der Waals surface area contributed by atoms with Crippen molar-refractivity contribution in [1.29, 1.82) is 0 Å². The number of ether oxygens (including phenoxy) is 1. The van der Waals surface area contributed by atoms with Gasteiger partial charge in [0.05, 0.1) is 23.4 Å². The lowest BCUT2D eigenvalue weighted by molar-refractivity contribution is 0.0955. The number of carbonyl (C=O) groups excluding carboxylic acids is 3. The van der Waals surface area contributed by atoms with E-state index in [2.05, 4.69) is 16.0 Å². The summed E-state index contributed by atoms with van der Waals surface area (Å²) in [6.07, 6.45) is 0. The van der Waals surface area contributed by atoms with Crippen molar-refractivity contribution in [2.75, 3.05) is 19.5 Å². The van der Waals surface area contributed by atoms with E-state index in [1.807, 2.05) is 0 Å². The predicted molar refractivity (Wildman–Crippen MR) is 99.3 cm³/mol. The van der Waals surface area contributed by atoms with E-state index in [0.29, 0.717) is 16.3 Å². The van der Waals surface area contributed by atoms with Crippen molar-refractivity contribution < 1.29 is 19.1 Å². The van der Waals surface area contributed by atoms with Crippen LogP contribution in [0.25, 0.3) is 0 Å². The van der Waals surface area contributed by atoms with Crippen LogP contribution < -0.4 is 20.7 Å². The maximum Gasteiger partial charge on any atom is 0.326 e. The van der Waals surface area contributed by atoms with E-state index in [4.69, 9.17) is 27.9 Å². The summed E-state index contributed by atoms with van der Waals surface area (Å²) in [7, 11) is 2.90. The lowest BCUT2D eigenvalue weighted by atomic mass is 10.1. The van der Waals surface area contributed by atoms with Crippen LogP contribution in [0, 0.1) is 0 Å². The molecule has 0 aromatic heterocycles. The Hall–Kier alpha value is -2.77. The fourth-order valence-electron chi connectivity index (χ4n) is 2.09. The van der Waals surface area contributed by atoms with E-state index >= 15 is 0 Å². The SMILES string of the molecule is CNC(=O)c1ccc(OC)c(NC(=O)NC(=O)c2ccc(Cl)cc2Cl)c1. The molecule has 0 saturated heterocycles. The second-order valence-electron chi connectivity index (χ2n) is 5.03. The van der Waals surface area contributed by atoms with Crippen LogP contribution in [0.1, 0.15) is 20.7 Å². The monoisotopic (exact) mass is 395 g/mol. The minimum Gasteiger partial charge on any atom is -0.495 e. The van der Waals surface area contributed by atoms with Gasteiger partial charge < -0.3 is 15.4 Å². The van der Waals surface area contributed by atoms with Crippen LogP contribution in [0.4, 0.5) is 10.5 Å². The van der Waals surface area contributed by atoms with Gasteiger partial charge in [-0.2, -0.15) is 0 Å². The molecule has 0 atom stereocenters. The average molecular weight is 396 g/mol. The Morgan fingerprint density at radius 1 is 1.00 bits per heavy atom. The Morgan fingerprint density at radius 2 is 1.73 bits per heavy atom. The Balaban J connectivity index is 2.16. The molecule has 3 N–H and O–H groups in total. The number of urea groups is 1. The standard InChI is InChI=1S/C17H15Cl2N3O4/c1-20-15(23)9-3-6-14(26-2)13(7-9)21-17(25)22-16(24)11-5-4-10(18)8-12(11)19/h3-8H,1-2H3,(H,20,23)(H2,21,22,24,25). The van der Waals surface area contributed by atoms with Gasteiger partial charge in [0.25, 0.3) is 11.8 Å². The molecule has 26 heavy (non-hydrogen) atoms. The van der Waals surface area contributed by atoms with Crippen LogP contribution in [0.15, 0.2) is 36.4 Å². The van der Waals surface area contributed by atoms with Gasteiger partial charge in [-0.05, 0) is 36.4 Å². The molecule has 0 bridgehead atoms. The smallest absolute Gasteiger partial charge is 0.326 e. The van der Waals surface area contributed by atoms with Crippen LogP contribution in [-0.4, -0.2) is 32.0 Å². The maximum atomic E-state index is 12.2. The normalized spacial score (nSPS) is 10.0. The van der Waals surface area contributed by atoms with Crippen molar-refractivity contribution in [3.63, 3.8) is 0 Å². The zero-order valence-corrected chi connectivity index (χ0v) is 15.4. The van der Waals surface area contributed by atoms with E-state index < -0.39 is 11.9 Å². The summed E-state index contributed by atoms with van der Waals surface area (Å²) in [5.74, 6) is -0.712. The van der Waals surface area contributed by atoms with Gasteiger partial charge >= 0.3 is 6.03 Å². The highest BCUT2D eigenvalue weighted by molar-refractivity contribution is 6.37. The number of hydrogen-bond acceptors (Lipinski definition) is 4. The Morgan fingerprint density at radius 3 is 2.35 bits per heavy atom. The van der Waals surface area contributed by atoms with Gasteiger partial charge in [0, 0.05) is 17.6 Å². The van der Waals surface area contributed by atoms with Crippen molar-refractivity contribution >= 4 is 46.7 Å². The highest BCUT2D eigenvalue weighted by Crippen LogP contribution is 2.25. The molecule has 0 saturated carbocycles. The largest absolute Gasteiger partial charge is 0.495 e. The van der Waals surface area contributed by atoms with E-state index in [9.17, 15) is 14.4 Å². The second kappa shape index (κ2) is 8.55. The number of benzene rings is 2. The Labute approximate surface area is 159 Å². The quantitative estimate of drug-likeness (QED) is 0.739. The molecule has 0 spiro atoms. The van der Waals surface area contributed by atoms with Crippen LogP contribution >= 0.6 is 23.2 Å². The maximum absolute atomic E-state index is 12.2. The molecule has 0 radical (unpaired) electrons. The van der Waals surface area contributed by atoms with Gasteiger partial charge in [-0.15, -0.1) is 0 Å². The zero-order chi connectivity index (χ0) is 19.3. The molecule has 0 aliphatic rings. The molecule has 2 aromatic carbocycles. The molecule has 9 heteroatoms. The lowest BCUT2D eigenvalue weighted by Crippen LogP contribution is -2.34. The van der Waals surface area contributed by atoms with Crippen LogP contribution in [0.5, 0.6) is 5.75 Å². The van der Waals surface area contributed by atoms with Gasteiger partial charge in [0.15, 0.2) is 0 Å². The minimum absolute atomic E-state index is 0.0947. The van der Waals surface area contributed by atoms with Gasteiger partial charge in [0.1, 0.15) is 5.75 Å². The molecule has 2 rings (SSSR count). The van der Waals surface area contributed by atoms with Crippen molar-refractivity contribution in [3.8, 4) is 5.75 Å². The molecule has 0 heterocycles. The molecule has 4 amide bonds. The third-order valence-electron chi connectivity index (χ3n) is 3.34.